The second-order valence-corrected chi connectivity index (χ2v) is 16.8. The molecule has 4 unspecified atom stereocenters. The van der Waals surface area contributed by atoms with E-state index < -0.39 is 89.6 Å². The number of carboxylic acids is 2. The zero-order valence-electron chi connectivity index (χ0n) is 38.2. The van der Waals surface area contributed by atoms with Crippen molar-refractivity contribution in [2.75, 3.05) is 32.8 Å². The number of carbonyl (C=O) groups is 7. The Morgan fingerprint density at radius 1 is 0.794 bits per heavy atom. The number of benzene rings is 2. The van der Waals surface area contributed by atoms with Gasteiger partial charge in [0.1, 0.15) is 30.3 Å². The van der Waals surface area contributed by atoms with E-state index in [0.29, 0.717) is 30.6 Å². The summed E-state index contributed by atoms with van der Waals surface area (Å²) in [5.41, 5.74) is 13.0. The monoisotopic (exact) mass is 968 g/mol. The smallest absolute Gasteiger partial charge is 0.480 e. The number of halogens is 5. The van der Waals surface area contributed by atoms with Crippen LogP contribution in [-0.2, 0) is 40.1 Å². The van der Waals surface area contributed by atoms with Crippen molar-refractivity contribution in [1.82, 2.24) is 30.7 Å². The van der Waals surface area contributed by atoms with Gasteiger partial charge in [-0.15, -0.1) is 0 Å². The number of carboxylic acid groups (broad SMARTS) is 2. The Balaban J connectivity index is 0.00000209. The van der Waals surface area contributed by atoms with Crippen LogP contribution in [0.5, 0.6) is 0 Å². The first kappa shape index (κ1) is 57.7. The van der Waals surface area contributed by atoms with E-state index in [9.17, 15) is 51.4 Å². The van der Waals surface area contributed by atoms with E-state index in [1.165, 1.54) is 11.8 Å². The third-order valence-electron chi connectivity index (χ3n) is 10.2. The van der Waals surface area contributed by atoms with Crippen LogP contribution >= 0.6 is 0 Å². The molecule has 3 rings (SSSR count). The number of nitrogens with zero attached hydrogens (tertiary/aromatic N) is 2. The summed E-state index contributed by atoms with van der Waals surface area (Å²) in [4.78, 5) is 84.4. The highest BCUT2D eigenvalue weighted by Crippen LogP contribution is 2.41. The number of aliphatic carboxylic acids is 2. The lowest BCUT2D eigenvalue weighted by Crippen LogP contribution is -2.49. The van der Waals surface area contributed by atoms with Crippen molar-refractivity contribution in [3.05, 3.63) is 83.7 Å². The lowest BCUT2D eigenvalue weighted by Gasteiger charge is -2.41. The maximum absolute atomic E-state index is 15.1. The number of aliphatic hydroxyl groups is 1. The summed E-state index contributed by atoms with van der Waals surface area (Å²) < 4.78 is 63.0. The largest absolute Gasteiger partial charge is 0.490 e. The molecule has 4 atom stereocenters. The third-order valence-corrected chi connectivity index (χ3v) is 10.2. The van der Waals surface area contributed by atoms with Crippen LogP contribution in [0.3, 0.4) is 0 Å². The van der Waals surface area contributed by atoms with Gasteiger partial charge in [-0.25, -0.2) is 13.6 Å². The van der Waals surface area contributed by atoms with Crippen molar-refractivity contribution in [1.29, 1.82) is 0 Å². The van der Waals surface area contributed by atoms with Gasteiger partial charge in [-0.05, 0) is 67.3 Å². The van der Waals surface area contributed by atoms with Crippen LogP contribution in [0.1, 0.15) is 83.5 Å². The van der Waals surface area contributed by atoms with Crippen LogP contribution in [0, 0.1) is 17.0 Å². The van der Waals surface area contributed by atoms with Gasteiger partial charge in [-0.1, -0.05) is 51.1 Å². The molecule has 23 heteroatoms. The van der Waals surface area contributed by atoms with Crippen molar-refractivity contribution < 1.29 is 70.8 Å². The summed E-state index contributed by atoms with van der Waals surface area (Å²) in [7, 11) is 0. The van der Waals surface area contributed by atoms with E-state index in [4.69, 9.17) is 26.5 Å². The summed E-state index contributed by atoms with van der Waals surface area (Å²) in [6.45, 7) is 6.73. The molecule has 0 saturated heterocycles. The highest BCUT2D eigenvalue weighted by atomic mass is 19.4. The number of hydrogen-bond acceptors (Lipinski definition) is 10. The molecule has 0 saturated carbocycles. The van der Waals surface area contributed by atoms with Crippen molar-refractivity contribution >= 4 is 41.5 Å². The van der Waals surface area contributed by atoms with Crippen molar-refractivity contribution in [3.8, 4) is 11.1 Å². The average Bonchev–Trinajstić information content (AvgIpc) is 3.66. The van der Waals surface area contributed by atoms with Gasteiger partial charge in [0, 0.05) is 69.1 Å². The van der Waals surface area contributed by atoms with E-state index in [0.717, 1.165) is 23.8 Å². The molecular formula is C45H61F5N8O10. The maximum atomic E-state index is 15.1. The Kier molecular flexibility index (Phi) is 23.2. The van der Waals surface area contributed by atoms with Crippen molar-refractivity contribution in [2.45, 2.75) is 103 Å². The van der Waals surface area contributed by atoms with Crippen molar-refractivity contribution in [2.24, 2.45) is 16.9 Å². The minimum atomic E-state index is -5.08. The molecule has 68 heavy (non-hydrogen) atoms. The van der Waals surface area contributed by atoms with E-state index in [-0.39, 0.29) is 63.3 Å². The molecule has 0 aliphatic carbocycles. The number of amides is 5. The minimum Gasteiger partial charge on any atom is -0.480 e. The molecule has 0 radical (unpaired) electrons. The van der Waals surface area contributed by atoms with Gasteiger partial charge in [0.15, 0.2) is 0 Å². The molecule has 3 aromatic rings. The summed E-state index contributed by atoms with van der Waals surface area (Å²) in [6, 6.07) is 10.5. The van der Waals surface area contributed by atoms with Crippen LogP contribution in [0.15, 0.2) is 60.8 Å². The highest BCUT2D eigenvalue weighted by Gasteiger charge is 2.39. The molecule has 1 heterocycles. The Hall–Kier alpha value is -6.46. The molecule has 2 aromatic carbocycles. The van der Waals surface area contributed by atoms with Crippen LogP contribution < -0.4 is 32.7 Å². The summed E-state index contributed by atoms with van der Waals surface area (Å²) in [5.74, 6) is -7.62. The summed E-state index contributed by atoms with van der Waals surface area (Å²) >= 11 is 0. The number of alkyl halides is 3. The zero-order valence-corrected chi connectivity index (χ0v) is 38.2. The number of aromatic nitrogens is 1. The molecule has 1 aromatic heterocycles. The molecule has 18 nitrogen and oxygen atoms in total. The average molecular weight is 969 g/mol. The van der Waals surface area contributed by atoms with E-state index >= 15 is 4.39 Å². The third kappa shape index (κ3) is 19.8. The SMILES string of the molecule is CC(=O)NC(CCCCNC(=O)CCC(N)C(=O)O)C(=O)NCCNC(=O)C(N)CCN(C(=O)CO)C(c1cc(-c2cc(F)ccc2F)cn1Cc1ccccc1)C(C)(C)C.O=C(O)C(F)(F)F. The van der Waals surface area contributed by atoms with Gasteiger partial charge in [0.05, 0.1) is 12.1 Å². The fraction of sp³-hybridized carbons (Fsp3) is 0.489. The molecular weight excluding hydrogens is 908 g/mol. The number of nitrogens with one attached hydrogen (secondary N) is 4. The Morgan fingerprint density at radius 2 is 1.41 bits per heavy atom. The first-order valence-corrected chi connectivity index (χ1v) is 21.5. The van der Waals surface area contributed by atoms with Crippen LogP contribution in [-0.4, -0.2) is 123 Å². The summed E-state index contributed by atoms with van der Waals surface area (Å²) in [6.07, 6.45) is -2.21. The van der Waals surface area contributed by atoms with Gasteiger partial charge < -0.3 is 57.5 Å². The van der Waals surface area contributed by atoms with E-state index in [2.05, 4.69) is 21.3 Å². The number of rotatable bonds is 24. The second kappa shape index (κ2) is 27.4. The molecule has 0 spiro atoms. The fourth-order valence-electron chi connectivity index (χ4n) is 6.85. The first-order valence-electron chi connectivity index (χ1n) is 21.5. The van der Waals surface area contributed by atoms with E-state index in [1.54, 1.807) is 12.3 Å². The number of aliphatic hydroxyl groups excluding tert-OH is 1. The molecule has 376 valence electrons. The standard InChI is InChI=1S/C43H60F2N8O8.C2HF3O2/c1-27(55)51-35(12-8-9-18-48-37(56)16-15-34(47)42(60)61)41(59)50-20-19-49-40(58)33(46)17-21-53(38(57)26-54)39(43(2,3)4)36-22-29(31-23-30(44)13-14-32(31)45)25-52(36)24-28-10-6-5-7-11-28;3-2(4,5)1(6)7/h5-7,10-11,13-14,22-23,25,33-35,39,54H,8-9,12,15-21,24,26,46-47H2,1-4H3,(H,48,56)(H,49,58)(H,50,59)(H,51,55)(H,60,61);(H,6,7). The summed E-state index contributed by atoms with van der Waals surface area (Å²) in [5, 5.41) is 36.7. The first-order chi connectivity index (χ1) is 31.8. The van der Waals surface area contributed by atoms with Crippen LogP contribution in [0.25, 0.3) is 11.1 Å². The van der Waals surface area contributed by atoms with Gasteiger partial charge in [-0.3, -0.25) is 28.8 Å². The highest BCUT2D eigenvalue weighted by molar-refractivity contribution is 5.87. The zero-order chi connectivity index (χ0) is 51.4. The lowest BCUT2D eigenvalue weighted by molar-refractivity contribution is -0.192. The molecule has 0 aliphatic heterocycles. The number of nitrogens with two attached hydrogens (primary N) is 2. The number of hydrogen-bond donors (Lipinski definition) is 9. The Labute approximate surface area is 390 Å². The molecule has 0 aliphatic rings. The molecule has 5 amide bonds. The molecule has 11 N–H and O–H groups in total. The predicted octanol–water partition coefficient (Wildman–Crippen LogP) is 2.96. The fourth-order valence-corrected chi connectivity index (χ4v) is 6.85. The van der Waals surface area contributed by atoms with Crippen LogP contribution in [0.4, 0.5) is 22.0 Å². The van der Waals surface area contributed by atoms with Gasteiger partial charge in [0.2, 0.25) is 29.5 Å². The minimum absolute atomic E-state index is 0.00104. The van der Waals surface area contributed by atoms with Crippen molar-refractivity contribution in [3.63, 3.8) is 0 Å². The lowest BCUT2D eigenvalue weighted by atomic mass is 9.82. The molecule has 0 bridgehead atoms. The Morgan fingerprint density at radius 3 is 1.97 bits per heavy atom. The Bertz CT molecular complexity index is 2170. The number of carbonyl (C=O) groups excluding carboxylic acids is 5. The van der Waals surface area contributed by atoms with Gasteiger partial charge in [-0.2, -0.15) is 13.2 Å². The van der Waals surface area contributed by atoms with Gasteiger partial charge in [0.25, 0.3) is 0 Å². The van der Waals surface area contributed by atoms with Crippen LogP contribution in [0.2, 0.25) is 0 Å². The number of unbranched alkanes of at least 4 members (excludes halogenated alkanes) is 1. The van der Waals surface area contributed by atoms with Gasteiger partial charge >= 0.3 is 18.1 Å². The second-order valence-electron chi connectivity index (χ2n) is 16.8. The quantitative estimate of drug-likeness (QED) is 0.0463. The maximum Gasteiger partial charge on any atom is 0.490 e. The normalized spacial score (nSPS) is 13.1. The predicted molar refractivity (Wildman–Crippen MR) is 238 cm³/mol. The van der Waals surface area contributed by atoms with E-state index in [1.807, 2.05) is 55.7 Å². The topological polar surface area (TPSA) is 289 Å². The molecule has 0 fully saturated rings.